The van der Waals surface area contributed by atoms with Crippen LogP contribution in [-0.2, 0) is 9.26 Å². The monoisotopic (exact) mass is 334 g/mol. The third-order valence-electron chi connectivity index (χ3n) is 3.32. The summed E-state index contributed by atoms with van der Waals surface area (Å²) in [5.74, 6) is 0. The Hall–Kier alpha value is -1.03. The molecule has 0 aromatic carbocycles. The molecule has 4 atom stereocenters. The number of hydrogen-bond acceptors (Lipinski definition) is 7. The largest absolute Gasteiger partial charge is 0.387 e. The van der Waals surface area contributed by atoms with Gasteiger partial charge in [0.1, 0.15) is 27.9 Å². The Morgan fingerprint density at radius 3 is 2.64 bits per heavy atom. The van der Waals surface area contributed by atoms with Gasteiger partial charge in [-0.1, -0.05) is 0 Å². The van der Waals surface area contributed by atoms with Crippen LogP contribution in [0.5, 0.6) is 0 Å². The van der Waals surface area contributed by atoms with E-state index in [0.717, 1.165) is 16.8 Å². The molecule has 2 heterocycles. The molecular formula is C9H14B2FN2O7P. The van der Waals surface area contributed by atoms with Crippen LogP contribution in [0.25, 0.3) is 0 Å². The van der Waals surface area contributed by atoms with Crippen molar-refractivity contribution in [2.45, 2.75) is 30.0 Å². The summed E-state index contributed by atoms with van der Waals surface area (Å²) in [4.78, 5) is 42.5. The fourth-order valence-electron chi connectivity index (χ4n) is 2.33. The highest BCUT2D eigenvalue weighted by Gasteiger charge is 2.52. The van der Waals surface area contributed by atoms with Crippen molar-refractivity contribution in [2.75, 3.05) is 0 Å². The molecule has 0 saturated carbocycles. The number of aliphatic hydroxyl groups is 1. The van der Waals surface area contributed by atoms with E-state index in [0.29, 0.717) is 0 Å². The Morgan fingerprint density at radius 1 is 1.45 bits per heavy atom. The lowest BCUT2D eigenvalue weighted by Gasteiger charge is -2.33. The summed E-state index contributed by atoms with van der Waals surface area (Å²) in [7, 11) is 0.0181. The fraction of sp³-hybridized carbons (Fsp3) is 0.556. The zero-order valence-electron chi connectivity index (χ0n) is 11.7. The minimum atomic E-state index is -2.75. The first kappa shape index (κ1) is 17.3. The number of nitrogens with one attached hydrogen (secondary N) is 1. The molecule has 0 spiro atoms. The predicted molar refractivity (Wildman–Crippen MR) is 78.4 cm³/mol. The van der Waals surface area contributed by atoms with Gasteiger partial charge in [0.15, 0.2) is 12.4 Å². The smallest absolute Gasteiger partial charge is 0.330 e. The molecule has 0 radical (unpaired) electrons. The molecule has 0 aliphatic carbocycles. The van der Waals surface area contributed by atoms with Crippen LogP contribution in [0.2, 0.25) is 0 Å². The van der Waals surface area contributed by atoms with Crippen LogP contribution < -0.4 is 11.2 Å². The highest BCUT2D eigenvalue weighted by atomic mass is 31.2. The topological polar surface area (TPSA) is 134 Å². The van der Waals surface area contributed by atoms with Crippen molar-refractivity contribution in [1.29, 1.82) is 0 Å². The van der Waals surface area contributed by atoms with Gasteiger partial charge in [0.25, 0.3) is 5.56 Å². The molecule has 120 valence electrons. The number of nitrogens with zero attached hydrogens (tertiary/aromatic N) is 1. The van der Waals surface area contributed by atoms with Crippen molar-refractivity contribution in [3.8, 4) is 0 Å². The van der Waals surface area contributed by atoms with Crippen LogP contribution in [-0.4, -0.2) is 63.9 Å². The molecule has 4 unspecified atom stereocenters. The van der Waals surface area contributed by atoms with Crippen LogP contribution in [0.1, 0.15) is 6.23 Å². The Balaban J connectivity index is 2.30. The predicted octanol–water partition coefficient (Wildman–Crippen LogP) is -3.72. The lowest BCUT2D eigenvalue weighted by Crippen LogP contribution is -2.51. The molecule has 1 fully saturated rings. The van der Waals surface area contributed by atoms with Gasteiger partial charge in [0.2, 0.25) is 0 Å². The van der Waals surface area contributed by atoms with Gasteiger partial charge in [-0.25, -0.2) is 9.18 Å². The summed E-state index contributed by atoms with van der Waals surface area (Å²) < 4.78 is 25.3. The standard InChI is InChI=1S/C9H14B2FN2O7P/c10-9(11,21-22(18)19)6-5(16)4(12)7(20-6)14-2-1-3(15)13-8(14)17/h1-2,4-7,16,18-19H,10-11H2,(H,13,15,17). The lowest BCUT2D eigenvalue weighted by molar-refractivity contribution is -0.0693. The van der Waals surface area contributed by atoms with Crippen LogP contribution in [0.3, 0.4) is 0 Å². The fourth-order valence-corrected chi connectivity index (χ4v) is 2.85. The summed E-state index contributed by atoms with van der Waals surface area (Å²) in [6, 6.07) is 1.01. The molecule has 2 rings (SSSR count). The van der Waals surface area contributed by atoms with Crippen LogP contribution in [0, 0.1) is 0 Å². The number of halogens is 1. The Labute approximate surface area is 126 Å². The molecule has 0 amide bonds. The third-order valence-corrected chi connectivity index (χ3v) is 3.96. The Bertz CT molecular complexity index is 653. The Morgan fingerprint density at radius 2 is 2.09 bits per heavy atom. The zero-order valence-corrected chi connectivity index (χ0v) is 12.6. The Kier molecular flexibility index (Phi) is 4.90. The zero-order chi connectivity index (χ0) is 16.7. The second-order valence-corrected chi connectivity index (χ2v) is 6.04. The summed E-state index contributed by atoms with van der Waals surface area (Å²) in [5.41, 5.74) is -1.54. The molecule has 1 aliphatic heterocycles. The summed E-state index contributed by atoms with van der Waals surface area (Å²) in [6.45, 7) is 0. The van der Waals surface area contributed by atoms with Gasteiger partial charge >= 0.3 is 14.3 Å². The van der Waals surface area contributed by atoms with Crippen molar-refractivity contribution >= 4 is 24.3 Å². The van der Waals surface area contributed by atoms with Crippen LogP contribution in [0.4, 0.5) is 4.39 Å². The SMILES string of the molecule is BC(B)(OP(O)O)C1OC(n2ccc(=O)[nH]c2=O)C(F)C1O. The first-order valence-corrected chi connectivity index (χ1v) is 7.46. The van der Waals surface area contributed by atoms with Gasteiger partial charge < -0.3 is 24.2 Å². The van der Waals surface area contributed by atoms with E-state index in [2.05, 4.69) is 0 Å². The number of H-pyrrole nitrogens is 1. The molecule has 4 N–H and O–H groups in total. The maximum Gasteiger partial charge on any atom is 0.330 e. The first-order valence-electron chi connectivity index (χ1n) is 6.29. The molecule has 1 aliphatic rings. The minimum Gasteiger partial charge on any atom is -0.387 e. The van der Waals surface area contributed by atoms with Gasteiger partial charge in [-0.3, -0.25) is 14.3 Å². The van der Waals surface area contributed by atoms with E-state index in [9.17, 15) is 19.1 Å². The minimum absolute atomic E-state index is 0.651. The van der Waals surface area contributed by atoms with Crippen molar-refractivity contribution in [3.05, 3.63) is 33.1 Å². The van der Waals surface area contributed by atoms with Crippen LogP contribution >= 0.6 is 8.60 Å². The van der Waals surface area contributed by atoms with Gasteiger partial charge in [-0.05, 0) is 0 Å². The summed E-state index contributed by atoms with van der Waals surface area (Å²) in [6.07, 6.45) is -5.31. The van der Waals surface area contributed by atoms with Gasteiger partial charge in [0.05, 0.1) is 0 Å². The van der Waals surface area contributed by atoms with E-state index in [1.165, 1.54) is 15.7 Å². The van der Waals surface area contributed by atoms with Gasteiger partial charge in [0, 0.05) is 17.7 Å². The third kappa shape index (κ3) is 3.32. The van der Waals surface area contributed by atoms with E-state index in [4.69, 9.17) is 19.0 Å². The molecular weight excluding hydrogens is 320 g/mol. The average molecular weight is 334 g/mol. The molecule has 22 heavy (non-hydrogen) atoms. The maximum absolute atomic E-state index is 14.3. The number of ether oxygens (including phenoxy) is 1. The molecule has 1 saturated heterocycles. The number of aliphatic hydroxyl groups excluding tert-OH is 1. The molecule has 0 bridgehead atoms. The second-order valence-electron chi connectivity index (χ2n) is 5.35. The average Bonchev–Trinajstić information content (AvgIpc) is 2.66. The van der Waals surface area contributed by atoms with E-state index < -0.39 is 49.9 Å². The molecule has 9 nitrogen and oxygen atoms in total. The molecule has 1 aromatic heterocycles. The van der Waals surface area contributed by atoms with Crippen molar-refractivity contribution in [1.82, 2.24) is 9.55 Å². The highest BCUT2D eigenvalue weighted by Crippen LogP contribution is 2.40. The summed E-state index contributed by atoms with van der Waals surface area (Å²) in [5, 5.41) is 8.54. The number of aromatic nitrogens is 2. The lowest BCUT2D eigenvalue weighted by atomic mass is 9.61. The van der Waals surface area contributed by atoms with Crippen molar-refractivity contribution in [2.24, 2.45) is 0 Å². The summed E-state index contributed by atoms with van der Waals surface area (Å²) >= 11 is 0. The van der Waals surface area contributed by atoms with Crippen molar-refractivity contribution in [3.63, 3.8) is 0 Å². The first-order chi connectivity index (χ1) is 10.1. The molecule has 1 aromatic rings. The van der Waals surface area contributed by atoms with E-state index >= 15 is 0 Å². The van der Waals surface area contributed by atoms with E-state index in [-0.39, 0.29) is 0 Å². The number of alkyl halides is 1. The highest BCUT2D eigenvalue weighted by molar-refractivity contribution is 7.39. The number of rotatable bonds is 4. The number of aromatic amines is 1. The van der Waals surface area contributed by atoms with Crippen LogP contribution in [0.15, 0.2) is 21.9 Å². The van der Waals surface area contributed by atoms with E-state index in [1.807, 2.05) is 4.98 Å². The second kappa shape index (κ2) is 6.23. The van der Waals surface area contributed by atoms with Gasteiger partial charge in [-0.15, -0.1) is 0 Å². The van der Waals surface area contributed by atoms with Crippen molar-refractivity contribution < 1.29 is 28.5 Å². The normalized spacial score (nSPS) is 29.1. The quantitative estimate of drug-likeness (QED) is 0.329. The molecule has 13 heteroatoms. The maximum atomic E-state index is 14.3. The van der Waals surface area contributed by atoms with E-state index in [1.54, 1.807) is 0 Å². The number of hydrogen-bond donors (Lipinski definition) is 4. The van der Waals surface area contributed by atoms with Gasteiger partial charge in [-0.2, -0.15) is 0 Å².